The zero-order chi connectivity index (χ0) is 8.10. The summed E-state index contributed by atoms with van der Waals surface area (Å²) in [5.41, 5.74) is 0. The Bertz CT molecular complexity index is 140. The van der Waals surface area contributed by atoms with Gasteiger partial charge in [0.25, 0.3) is 0 Å². The van der Waals surface area contributed by atoms with Gasteiger partial charge in [0, 0.05) is 19.6 Å². The summed E-state index contributed by atoms with van der Waals surface area (Å²) in [5.74, 6) is 1.22. The Morgan fingerprint density at radius 1 is 1.55 bits per heavy atom. The standard InChI is InChI=1S/C9H17N2/c1-3-8-11(4-2)9-6-5-7-10-9/h6H,3-5,7-8H2,1-2H3. The van der Waals surface area contributed by atoms with Crippen molar-refractivity contribution in [1.82, 2.24) is 10.2 Å². The lowest BCUT2D eigenvalue weighted by atomic mass is 10.4. The molecule has 63 valence electrons. The molecular weight excluding hydrogens is 136 g/mol. The summed E-state index contributed by atoms with van der Waals surface area (Å²) in [5, 5.41) is 4.41. The van der Waals surface area contributed by atoms with Crippen LogP contribution in [-0.2, 0) is 0 Å². The van der Waals surface area contributed by atoms with Gasteiger partial charge in [-0.05, 0) is 25.8 Å². The fourth-order valence-corrected chi connectivity index (χ4v) is 1.37. The molecule has 1 radical (unpaired) electrons. The van der Waals surface area contributed by atoms with Crippen molar-refractivity contribution >= 4 is 0 Å². The van der Waals surface area contributed by atoms with Gasteiger partial charge in [0.15, 0.2) is 0 Å². The number of rotatable bonds is 4. The smallest absolute Gasteiger partial charge is 0.119 e. The highest BCUT2D eigenvalue weighted by Gasteiger charge is 2.10. The first kappa shape index (κ1) is 8.44. The van der Waals surface area contributed by atoms with Gasteiger partial charge >= 0.3 is 0 Å². The lowest BCUT2D eigenvalue weighted by molar-refractivity contribution is 0.341. The van der Waals surface area contributed by atoms with Gasteiger partial charge in [-0.25, -0.2) is 0 Å². The van der Waals surface area contributed by atoms with Crippen LogP contribution >= 0.6 is 0 Å². The summed E-state index contributed by atoms with van der Waals surface area (Å²) in [4.78, 5) is 2.34. The summed E-state index contributed by atoms with van der Waals surface area (Å²) >= 11 is 0. The van der Waals surface area contributed by atoms with Crippen molar-refractivity contribution in [2.75, 3.05) is 19.6 Å². The lowest BCUT2D eigenvalue weighted by Crippen LogP contribution is -2.26. The summed E-state index contributed by atoms with van der Waals surface area (Å²) in [6.45, 7) is 7.62. The molecule has 0 aromatic heterocycles. The highest BCUT2D eigenvalue weighted by molar-refractivity contribution is 5.04. The van der Waals surface area contributed by atoms with Gasteiger partial charge in [-0.3, -0.25) is 5.32 Å². The molecule has 0 N–H and O–H groups in total. The van der Waals surface area contributed by atoms with Crippen LogP contribution in [-0.4, -0.2) is 24.5 Å². The lowest BCUT2D eigenvalue weighted by Gasteiger charge is -2.22. The average Bonchev–Trinajstić information content (AvgIpc) is 2.52. The molecule has 0 spiro atoms. The van der Waals surface area contributed by atoms with Gasteiger partial charge in [0.1, 0.15) is 5.82 Å². The molecule has 0 bridgehead atoms. The molecule has 2 heteroatoms. The summed E-state index contributed by atoms with van der Waals surface area (Å²) < 4.78 is 0. The van der Waals surface area contributed by atoms with Crippen LogP contribution in [0.15, 0.2) is 11.9 Å². The molecule has 1 rings (SSSR count). The first-order valence-electron chi connectivity index (χ1n) is 4.51. The van der Waals surface area contributed by atoms with E-state index in [0.717, 1.165) is 26.1 Å². The van der Waals surface area contributed by atoms with Gasteiger partial charge < -0.3 is 4.90 Å². The zero-order valence-electron chi connectivity index (χ0n) is 7.51. The molecule has 0 saturated carbocycles. The Hall–Kier alpha value is -0.660. The Labute approximate surface area is 69.3 Å². The fourth-order valence-electron chi connectivity index (χ4n) is 1.37. The van der Waals surface area contributed by atoms with Crippen LogP contribution in [0.25, 0.3) is 0 Å². The quantitative estimate of drug-likeness (QED) is 0.599. The van der Waals surface area contributed by atoms with Crippen LogP contribution in [0.3, 0.4) is 0 Å². The minimum atomic E-state index is 0.996. The minimum absolute atomic E-state index is 0.996. The molecule has 0 amide bonds. The third-order valence-corrected chi connectivity index (χ3v) is 1.93. The van der Waals surface area contributed by atoms with Gasteiger partial charge in [0.05, 0.1) is 0 Å². The summed E-state index contributed by atoms with van der Waals surface area (Å²) in [6.07, 6.45) is 4.58. The van der Waals surface area contributed by atoms with Crippen molar-refractivity contribution in [2.24, 2.45) is 0 Å². The second-order valence-electron chi connectivity index (χ2n) is 2.81. The molecule has 0 unspecified atom stereocenters. The Morgan fingerprint density at radius 2 is 2.36 bits per heavy atom. The molecule has 2 nitrogen and oxygen atoms in total. The third-order valence-electron chi connectivity index (χ3n) is 1.93. The van der Waals surface area contributed by atoms with Crippen molar-refractivity contribution in [1.29, 1.82) is 0 Å². The first-order chi connectivity index (χ1) is 5.38. The van der Waals surface area contributed by atoms with Gasteiger partial charge in [0.2, 0.25) is 0 Å². The van der Waals surface area contributed by atoms with E-state index in [1.165, 1.54) is 12.2 Å². The molecule has 1 aliphatic rings. The fraction of sp³-hybridized carbons (Fsp3) is 0.778. The SMILES string of the molecule is CCCN(CC)C1=CCC[N]1. The van der Waals surface area contributed by atoms with Crippen molar-refractivity contribution < 1.29 is 0 Å². The van der Waals surface area contributed by atoms with E-state index in [-0.39, 0.29) is 0 Å². The van der Waals surface area contributed by atoms with E-state index in [4.69, 9.17) is 0 Å². The van der Waals surface area contributed by atoms with Crippen LogP contribution < -0.4 is 5.32 Å². The van der Waals surface area contributed by atoms with E-state index >= 15 is 0 Å². The molecule has 0 aromatic carbocycles. The molecule has 0 atom stereocenters. The van der Waals surface area contributed by atoms with Crippen molar-refractivity contribution in [3.8, 4) is 0 Å². The van der Waals surface area contributed by atoms with Crippen LogP contribution in [0.1, 0.15) is 26.7 Å². The molecule has 0 saturated heterocycles. The molecule has 1 heterocycles. The molecule has 1 aliphatic heterocycles. The van der Waals surface area contributed by atoms with Crippen molar-refractivity contribution in [2.45, 2.75) is 26.7 Å². The topological polar surface area (TPSA) is 17.3 Å². The maximum Gasteiger partial charge on any atom is 0.119 e. The number of hydrogen-bond donors (Lipinski definition) is 0. The van der Waals surface area contributed by atoms with E-state index in [2.05, 4.69) is 30.1 Å². The van der Waals surface area contributed by atoms with E-state index in [1.807, 2.05) is 0 Å². The Balaban J connectivity index is 2.40. The predicted molar refractivity (Wildman–Crippen MR) is 47.2 cm³/mol. The van der Waals surface area contributed by atoms with Gasteiger partial charge in [-0.2, -0.15) is 0 Å². The predicted octanol–water partition coefficient (Wildman–Crippen LogP) is 1.57. The van der Waals surface area contributed by atoms with Crippen LogP contribution in [0.2, 0.25) is 0 Å². The Kier molecular flexibility index (Phi) is 3.27. The van der Waals surface area contributed by atoms with E-state index in [0.29, 0.717) is 0 Å². The van der Waals surface area contributed by atoms with Crippen molar-refractivity contribution in [3.05, 3.63) is 11.9 Å². The molecule has 0 fully saturated rings. The average molecular weight is 153 g/mol. The van der Waals surface area contributed by atoms with Crippen LogP contribution in [0.5, 0.6) is 0 Å². The first-order valence-corrected chi connectivity index (χ1v) is 4.51. The van der Waals surface area contributed by atoms with Crippen LogP contribution in [0.4, 0.5) is 0 Å². The van der Waals surface area contributed by atoms with Gasteiger partial charge in [-0.15, -0.1) is 0 Å². The maximum absolute atomic E-state index is 4.41. The summed E-state index contributed by atoms with van der Waals surface area (Å²) in [7, 11) is 0. The minimum Gasteiger partial charge on any atom is -0.357 e. The van der Waals surface area contributed by atoms with Crippen LogP contribution in [0, 0.1) is 0 Å². The second-order valence-corrected chi connectivity index (χ2v) is 2.81. The molecular formula is C9H17N2. The van der Waals surface area contributed by atoms with E-state index in [1.54, 1.807) is 0 Å². The molecule has 0 aliphatic carbocycles. The number of hydrogen-bond acceptors (Lipinski definition) is 1. The van der Waals surface area contributed by atoms with Gasteiger partial charge in [-0.1, -0.05) is 6.92 Å². The normalized spacial score (nSPS) is 16.0. The zero-order valence-corrected chi connectivity index (χ0v) is 7.51. The van der Waals surface area contributed by atoms with E-state index in [9.17, 15) is 0 Å². The highest BCUT2D eigenvalue weighted by Crippen LogP contribution is 2.09. The Morgan fingerprint density at radius 3 is 2.82 bits per heavy atom. The molecule has 11 heavy (non-hydrogen) atoms. The number of nitrogens with zero attached hydrogens (tertiary/aromatic N) is 2. The van der Waals surface area contributed by atoms with E-state index < -0.39 is 0 Å². The summed E-state index contributed by atoms with van der Waals surface area (Å²) in [6, 6.07) is 0. The second kappa shape index (κ2) is 4.27. The highest BCUT2D eigenvalue weighted by atomic mass is 15.2. The third kappa shape index (κ3) is 2.14. The largest absolute Gasteiger partial charge is 0.357 e. The maximum atomic E-state index is 4.41. The monoisotopic (exact) mass is 153 g/mol. The molecule has 0 aromatic rings. The van der Waals surface area contributed by atoms with Crippen molar-refractivity contribution in [3.63, 3.8) is 0 Å².